The van der Waals surface area contributed by atoms with Gasteiger partial charge in [-0.15, -0.1) is 0 Å². The van der Waals surface area contributed by atoms with Crippen LogP contribution in [0, 0.1) is 0 Å². The summed E-state index contributed by atoms with van der Waals surface area (Å²) in [7, 11) is 0. The van der Waals surface area contributed by atoms with Gasteiger partial charge in [0.25, 0.3) is 0 Å². The molecule has 0 aliphatic carbocycles. The molecular weight excluding hydrogens is 422 g/mol. The maximum Gasteiger partial charge on any atom is 0.242 e. The Kier molecular flexibility index (Phi) is 6.72. The molecule has 2 aliphatic heterocycles. The minimum atomic E-state index is 0.0534. The standard InChI is InChI=1S/C29H31N3O2/c33-27-20-26(23-10-4-1-5-11-23)21-32(27)22-28(34)30-16-18-31(19-17-30)29(24-12-6-2-7-13-24)25-14-8-3-9-15-25/h1-15,26,29H,16-22H2. The Morgan fingerprint density at radius 3 is 1.85 bits per heavy atom. The smallest absolute Gasteiger partial charge is 0.242 e. The first kappa shape index (κ1) is 22.4. The number of piperazine rings is 1. The molecule has 2 fully saturated rings. The number of carbonyl (C=O) groups excluding carboxylic acids is 2. The van der Waals surface area contributed by atoms with Crippen LogP contribution < -0.4 is 0 Å². The van der Waals surface area contributed by atoms with Gasteiger partial charge in [-0.3, -0.25) is 14.5 Å². The Hall–Kier alpha value is -3.44. The van der Waals surface area contributed by atoms with E-state index >= 15 is 0 Å². The first-order valence-electron chi connectivity index (χ1n) is 12.1. The summed E-state index contributed by atoms with van der Waals surface area (Å²) in [5.41, 5.74) is 3.71. The zero-order valence-corrected chi connectivity index (χ0v) is 19.4. The Morgan fingerprint density at radius 2 is 1.29 bits per heavy atom. The van der Waals surface area contributed by atoms with Crippen LogP contribution in [0.5, 0.6) is 0 Å². The predicted octanol–water partition coefficient (Wildman–Crippen LogP) is 3.94. The average molecular weight is 454 g/mol. The quantitative estimate of drug-likeness (QED) is 0.568. The van der Waals surface area contributed by atoms with E-state index in [2.05, 4.69) is 65.6 Å². The first-order chi connectivity index (χ1) is 16.7. The second-order valence-electron chi connectivity index (χ2n) is 9.23. The second kappa shape index (κ2) is 10.2. The van der Waals surface area contributed by atoms with Gasteiger partial charge in [-0.1, -0.05) is 91.0 Å². The van der Waals surface area contributed by atoms with E-state index in [1.165, 1.54) is 16.7 Å². The lowest BCUT2D eigenvalue weighted by Gasteiger charge is -2.40. The molecule has 5 heteroatoms. The molecule has 2 saturated heterocycles. The third-order valence-electron chi connectivity index (χ3n) is 7.07. The number of nitrogens with zero attached hydrogens (tertiary/aromatic N) is 3. The zero-order valence-electron chi connectivity index (χ0n) is 19.4. The molecule has 0 N–H and O–H groups in total. The van der Waals surface area contributed by atoms with Gasteiger partial charge in [0.2, 0.25) is 11.8 Å². The summed E-state index contributed by atoms with van der Waals surface area (Å²) >= 11 is 0. The maximum atomic E-state index is 13.1. The summed E-state index contributed by atoms with van der Waals surface area (Å²) in [6.07, 6.45) is 0.487. The van der Waals surface area contributed by atoms with E-state index < -0.39 is 0 Å². The van der Waals surface area contributed by atoms with Gasteiger partial charge in [0, 0.05) is 45.1 Å². The van der Waals surface area contributed by atoms with Crippen LogP contribution in [0.25, 0.3) is 0 Å². The molecule has 0 bridgehead atoms. The summed E-state index contributed by atoms with van der Waals surface area (Å²) in [5.74, 6) is 0.308. The van der Waals surface area contributed by atoms with Gasteiger partial charge in [0.15, 0.2) is 0 Å². The number of carbonyl (C=O) groups is 2. The van der Waals surface area contributed by atoms with Crippen LogP contribution in [-0.4, -0.2) is 65.8 Å². The number of rotatable bonds is 6. The monoisotopic (exact) mass is 453 g/mol. The number of hydrogen-bond donors (Lipinski definition) is 0. The Bertz CT molecular complexity index is 1060. The van der Waals surface area contributed by atoms with Crippen LogP contribution in [-0.2, 0) is 9.59 Å². The van der Waals surface area contributed by atoms with Gasteiger partial charge >= 0.3 is 0 Å². The molecule has 1 unspecified atom stereocenters. The highest BCUT2D eigenvalue weighted by molar-refractivity contribution is 5.86. The summed E-state index contributed by atoms with van der Waals surface area (Å²) < 4.78 is 0. The Labute approximate surface area is 201 Å². The largest absolute Gasteiger partial charge is 0.339 e. The van der Waals surface area contributed by atoms with Crippen molar-refractivity contribution in [2.24, 2.45) is 0 Å². The Morgan fingerprint density at radius 1 is 0.765 bits per heavy atom. The van der Waals surface area contributed by atoms with Gasteiger partial charge < -0.3 is 9.80 Å². The molecule has 34 heavy (non-hydrogen) atoms. The molecule has 1 atom stereocenters. The maximum absolute atomic E-state index is 13.1. The summed E-state index contributed by atoms with van der Waals surface area (Å²) in [6, 6.07) is 31.4. The summed E-state index contributed by atoms with van der Waals surface area (Å²) in [4.78, 5) is 31.8. The SMILES string of the molecule is O=C(CN1CC(c2ccccc2)CC1=O)N1CCN(C(c2ccccc2)c2ccccc2)CC1. The fourth-order valence-corrected chi connectivity index (χ4v) is 5.25. The number of hydrogen-bond acceptors (Lipinski definition) is 3. The molecule has 3 aromatic rings. The van der Waals surface area contributed by atoms with Gasteiger partial charge in [0.1, 0.15) is 0 Å². The van der Waals surface area contributed by atoms with Gasteiger partial charge in [-0.25, -0.2) is 0 Å². The number of benzene rings is 3. The van der Waals surface area contributed by atoms with Crippen LogP contribution >= 0.6 is 0 Å². The first-order valence-corrected chi connectivity index (χ1v) is 12.1. The van der Waals surface area contributed by atoms with Crippen molar-refractivity contribution < 1.29 is 9.59 Å². The fourth-order valence-electron chi connectivity index (χ4n) is 5.25. The molecule has 3 aromatic carbocycles. The van der Waals surface area contributed by atoms with Crippen LogP contribution in [0.3, 0.4) is 0 Å². The summed E-state index contributed by atoms with van der Waals surface area (Å²) in [5, 5.41) is 0. The molecular formula is C29H31N3O2. The van der Waals surface area contributed by atoms with Crippen molar-refractivity contribution in [2.45, 2.75) is 18.4 Å². The van der Waals surface area contributed by atoms with Gasteiger partial charge in [-0.2, -0.15) is 0 Å². The van der Waals surface area contributed by atoms with Crippen LogP contribution in [0.1, 0.15) is 35.1 Å². The molecule has 2 aliphatic rings. The van der Waals surface area contributed by atoms with Crippen molar-refractivity contribution in [3.8, 4) is 0 Å². The van der Waals surface area contributed by atoms with Crippen molar-refractivity contribution in [3.05, 3.63) is 108 Å². The molecule has 0 saturated carbocycles. The molecule has 5 rings (SSSR count). The molecule has 174 valence electrons. The van der Waals surface area contributed by atoms with Crippen molar-refractivity contribution in [1.82, 2.24) is 14.7 Å². The van der Waals surface area contributed by atoms with Crippen LogP contribution in [0.2, 0.25) is 0 Å². The van der Waals surface area contributed by atoms with Crippen molar-refractivity contribution in [2.75, 3.05) is 39.3 Å². The zero-order chi connectivity index (χ0) is 23.3. The fraction of sp³-hybridized carbons (Fsp3) is 0.310. The number of amides is 2. The molecule has 2 heterocycles. The molecule has 0 spiro atoms. The van der Waals surface area contributed by atoms with Crippen molar-refractivity contribution in [1.29, 1.82) is 0 Å². The second-order valence-corrected chi connectivity index (χ2v) is 9.23. The lowest BCUT2D eigenvalue weighted by atomic mass is 9.96. The lowest BCUT2D eigenvalue weighted by molar-refractivity contribution is -0.139. The van der Waals surface area contributed by atoms with Crippen molar-refractivity contribution >= 4 is 11.8 Å². The molecule has 2 amide bonds. The molecule has 0 radical (unpaired) electrons. The number of likely N-dealkylation sites (tertiary alicyclic amines) is 1. The minimum Gasteiger partial charge on any atom is -0.339 e. The Balaban J connectivity index is 1.21. The van der Waals surface area contributed by atoms with Crippen molar-refractivity contribution in [3.63, 3.8) is 0 Å². The lowest BCUT2D eigenvalue weighted by Crippen LogP contribution is -2.52. The highest BCUT2D eigenvalue weighted by atomic mass is 16.2. The molecule has 5 nitrogen and oxygen atoms in total. The van der Waals surface area contributed by atoms with E-state index in [4.69, 9.17) is 0 Å². The third kappa shape index (κ3) is 4.90. The molecule has 0 aromatic heterocycles. The summed E-state index contributed by atoms with van der Waals surface area (Å²) in [6.45, 7) is 3.78. The third-order valence-corrected chi connectivity index (χ3v) is 7.07. The topological polar surface area (TPSA) is 43.9 Å². The van der Waals surface area contributed by atoms with Crippen LogP contribution in [0.15, 0.2) is 91.0 Å². The average Bonchev–Trinajstić information content (AvgIpc) is 3.26. The highest BCUT2D eigenvalue weighted by Crippen LogP contribution is 2.30. The van der Waals surface area contributed by atoms with E-state index in [0.29, 0.717) is 26.1 Å². The van der Waals surface area contributed by atoms with E-state index in [-0.39, 0.29) is 30.3 Å². The van der Waals surface area contributed by atoms with E-state index in [0.717, 1.165) is 13.1 Å². The minimum absolute atomic E-state index is 0.0534. The van der Waals surface area contributed by atoms with Gasteiger partial charge in [-0.05, 0) is 16.7 Å². The van der Waals surface area contributed by atoms with E-state index in [1.54, 1.807) is 4.90 Å². The normalized spacial score (nSPS) is 19.1. The predicted molar refractivity (Wildman–Crippen MR) is 133 cm³/mol. The van der Waals surface area contributed by atoms with Crippen LogP contribution in [0.4, 0.5) is 0 Å². The van der Waals surface area contributed by atoms with E-state index in [9.17, 15) is 9.59 Å². The van der Waals surface area contributed by atoms with E-state index in [1.807, 2.05) is 35.2 Å². The highest BCUT2D eigenvalue weighted by Gasteiger charge is 2.34. The van der Waals surface area contributed by atoms with Gasteiger partial charge in [0.05, 0.1) is 12.6 Å².